The second-order valence-corrected chi connectivity index (χ2v) is 12.4. The lowest BCUT2D eigenvalue weighted by Gasteiger charge is -2.30. The molecule has 1 aliphatic carbocycles. The van der Waals surface area contributed by atoms with Gasteiger partial charge in [0.15, 0.2) is 0 Å². The maximum absolute atomic E-state index is 2.40. The van der Waals surface area contributed by atoms with Crippen molar-refractivity contribution in [2.24, 2.45) is 5.92 Å². The average molecular weight is 659 g/mol. The second kappa shape index (κ2) is 12.4. The summed E-state index contributed by atoms with van der Waals surface area (Å²) >= 11 is 2.36. The van der Waals surface area contributed by atoms with Crippen LogP contribution < -0.4 is 9.80 Å². The number of rotatable bonds is 7. The van der Waals surface area contributed by atoms with Crippen LogP contribution in [0.25, 0.3) is 11.1 Å². The number of benzene rings is 5. The first-order valence-corrected chi connectivity index (χ1v) is 15.6. The minimum atomic E-state index is 0.522. The summed E-state index contributed by atoms with van der Waals surface area (Å²) in [5, 5.41) is 0. The molecule has 0 amide bonds. The van der Waals surface area contributed by atoms with Gasteiger partial charge in [-0.3, -0.25) is 0 Å². The van der Waals surface area contributed by atoms with Crippen LogP contribution in [0.3, 0.4) is 0 Å². The summed E-state index contributed by atoms with van der Waals surface area (Å²) in [4.78, 5) is 4.73. The zero-order valence-electron chi connectivity index (χ0n) is 24.3. The van der Waals surface area contributed by atoms with Gasteiger partial charge in [-0.05, 0) is 150 Å². The standard InChI is InChI=1S/C39H35IN2/c1-28-7-4-10-37(25-28)41(36-23-17-33(40)18-24-36)34-19-13-31(14-20-34)32-15-21-35(22-16-32)42(38-11-5-8-29(2)26-38)39-12-6-9-30(3)27-39/h4-26,30H,27H2,1-3H3. The van der Waals surface area contributed by atoms with Gasteiger partial charge in [0.1, 0.15) is 0 Å². The highest BCUT2D eigenvalue weighted by molar-refractivity contribution is 14.1. The van der Waals surface area contributed by atoms with Crippen molar-refractivity contribution in [3.63, 3.8) is 0 Å². The lowest BCUT2D eigenvalue weighted by atomic mass is 9.98. The molecule has 0 saturated heterocycles. The molecule has 0 N–H and O–H groups in total. The Morgan fingerprint density at radius 1 is 0.571 bits per heavy atom. The van der Waals surface area contributed by atoms with Crippen LogP contribution in [0.2, 0.25) is 0 Å². The minimum absolute atomic E-state index is 0.522. The van der Waals surface area contributed by atoms with E-state index < -0.39 is 0 Å². The molecule has 0 heterocycles. The van der Waals surface area contributed by atoms with Gasteiger partial charge < -0.3 is 9.80 Å². The lowest BCUT2D eigenvalue weighted by molar-refractivity contribution is 0.696. The number of hydrogen-bond donors (Lipinski definition) is 0. The fourth-order valence-electron chi connectivity index (χ4n) is 5.65. The average Bonchev–Trinajstić information content (AvgIpc) is 2.99. The smallest absolute Gasteiger partial charge is 0.0464 e. The van der Waals surface area contributed by atoms with Gasteiger partial charge in [0.05, 0.1) is 0 Å². The van der Waals surface area contributed by atoms with Crippen molar-refractivity contribution in [1.29, 1.82) is 0 Å². The number of halogens is 1. The zero-order valence-corrected chi connectivity index (χ0v) is 26.5. The van der Waals surface area contributed by atoms with Crippen LogP contribution in [0.4, 0.5) is 28.4 Å². The van der Waals surface area contributed by atoms with Crippen molar-refractivity contribution in [1.82, 2.24) is 0 Å². The first-order valence-electron chi connectivity index (χ1n) is 14.5. The lowest BCUT2D eigenvalue weighted by Crippen LogP contribution is -2.19. The molecule has 0 spiro atoms. The maximum Gasteiger partial charge on any atom is 0.0464 e. The quantitative estimate of drug-likeness (QED) is 0.161. The number of hydrogen-bond acceptors (Lipinski definition) is 2. The highest BCUT2D eigenvalue weighted by atomic mass is 127. The number of anilines is 5. The van der Waals surface area contributed by atoms with Crippen LogP contribution >= 0.6 is 22.6 Å². The van der Waals surface area contributed by atoms with Gasteiger partial charge in [0.25, 0.3) is 0 Å². The van der Waals surface area contributed by atoms with E-state index in [0.29, 0.717) is 5.92 Å². The molecule has 0 fully saturated rings. The number of allylic oxidation sites excluding steroid dienone is 4. The molecule has 208 valence electrons. The van der Waals surface area contributed by atoms with E-state index in [4.69, 9.17) is 0 Å². The molecule has 0 saturated carbocycles. The third kappa shape index (κ3) is 6.22. The molecule has 0 bridgehead atoms. The Balaban J connectivity index is 1.32. The molecule has 6 rings (SSSR count). The molecule has 0 aliphatic heterocycles. The molecular weight excluding hydrogens is 623 g/mol. The monoisotopic (exact) mass is 658 g/mol. The van der Waals surface area contributed by atoms with E-state index in [0.717, 1.165) is 23.5 Å². The van der Waals surface area contributed by atoms with Gasteiger partial charge in [-0.1, -0.05) is 67.6 Å². The van der Waals surface area contributed by atoms with E-state index in [9.17, 15) is 0 Å². The fraction of sp³-hybridized carbons (Fsp3) is 0.128. The number of nitrogens with zero attached hydrogens (tertiary/aromatic N) is 2. The maximum atomic E-state index is 2.40. The Morgan fingerprint density at radius 2 is 1.05 bits per heavy atom. The summed E-state index contributed by atoms with van der Waals surface area (Å²) in [5.74, 6) is 0.522. The molecule has 2 nitrogen and oxygen atoms in total. The Hall–Kier alpha value is -4.09. The molecular formula is C39H35IN2. The Labute approximate surface area is 263 Å². The van der Waals surface area contributed by atoms with Crippen LogP contribution in [-0.2, 0) is 0 Å². The van der Waals surface area contributed by atoms with E-state index >= 15 is 0 Å². The van der Waals surface area contributed by atoms with Crippen LogP contribution in [0.1, 0.15) is 24.5 Å². The third-order valence-corrected chi connectivity index (χ3v) is 8.45. The van der Waals surface area contributed by atoms with Crippen LogP contribution in [0.5, 0.6) is 0 Å². The van der Waals surface area contributed by atoms with Crippen molar-refractivity contribution in [2.75, 3.05) is 9.80 Å². The Bertz CT molecular complexity index is 1730. The van der Waals surface area contributed by atoms with Crippen molar-refractivity contribution >= 4 is 51.0 Å². The summed E-state index contributed by atoms with van der Waals surface area (Å²) in [6.45, 7) is 6.58. The van der Waals surface area contributed by atoms with E-state index in [2.05, 4.69) is 193 Å². The number of aryl methyl sites for hydroxylation is 2. The van der Waals surface area contributed by atoms with Gasteiger partial charge in [0, 0.05) is 37.7 Å². The van der Waals surface area contributed by atoms with Gasteiger partial charge in [-0.2, -0.15) is 0 Å². The van der Waals surface area contributed by atoms with Crippen molar-refractivity contribution < 1.29 is 0 Å². The van der Waals surface area contributed by atoms with Gasteiger partial charge in [0.2, 0.25) is 0 Å². The van der Waals surface area contributed by atoms with Gasteiger partial charge in [-0.15, -0.1) is 0 Å². The Kier molecular flexibility index (Phi) is 8.29. The van der Waals surface area contributed by atoms with Crippen LogP contribution in [-0.4, -0.2) is 0 Å². The van der Waals surface area contributed by atoms with E-state index in [-0.39, 0.29) is 0 Å². The molecule has 0 radical (unpaired) electrons. The SMILES string of the molecule is Cc1cccc(N(C2=CC=CC(C)C2)c2ccc(-c3ccc(N(c4ccc(I)cc4)c4cccc(C)c4)cc3)cc2)c1. The summed E-state index contributed by atoms with van der Waals surface area (Å²) in [6, 6.07) is 44.1. The largest absolute Gasteiger partial charge is 0.314 e. The topological polar surface area (TPSA) is 6.48 Å². The second-order valence-electron chi connectivity index (χ2n) is 11.1. The Morgan fingerprint density at radius 3 is 1.55 bits per heavy atom. The summed E-state index contributed by atoms with van der Waals surface area (Å²) in [7, 11) is 0. The van der Waals surface area contributed by atoms with E-state index in [1.807, 2.05) is 0 Å². The van der Waals surface area contributed by atoms with E-state index in [1.165, 1.54) is 42.9 Å². The molecule has 1 atom stereocenters. The highest BCUT2D eigenvalue weighted by Gasteiger charge is 2.18. The molecule has 1 unspecified atom stereocenters. The molecule has 3 heteroatoms. The highest BCUT2D eigenvalue weighted by Crippen LogP contribution is 2.38. The first kappa shape index (κ1) is 28.0. The molecule has 1 aliphatic rings. The molecule has 5 aromatic carbocycles. The molecule has 42 heavy (non-hydrogen) atoms. The summed E-state index contributed by atoms with van der Waals surface area (Å²) in [6.07, 6.45) is 7.75. The van der Waals surface area contributed by atoms with E-state index in [1.54, 1.807) is 0 Å². The third-order valence-electron chi connectivity index (χ3n) is 7.74. The predicted molar refractivity (Wildman–Crippen MR) is 188 cm³/mol. The molecule has 5 aromatic rings. The summed E-state index contributed by atoms with van der Waals surface area (Å²) in [5.41, 5.74) is 12.1. The molecule has 0 aromatic heterocycles. The fourth-order valence-corrected chi connectivity index (χ4v) is 6.01. The van der Waals surface area contributed by atoms with Crippen LogP contribution in [0, 0.1) is 23.3 Å². The van der Waals surface area contributed by atoms with Crippen LogP contribution in [0.15, 0.2) is 145 Å². The van der Waals surface area contributed by atoms with Gasteiger partial charge >= 0.3 is 0 Å². The van der Waals surface area contributed by atoms with Crippen molar-refractivity contribution in [2.45, 2.75) is 27.2 Å². The van der Waals surface area contributed by atoms with Crippen molar-refractivity contribution in [3.05, 3.63) is 160 Å². The predicted octanol–water partition coefficient (Wildman–Crippen LogP) is 11.7. The zero-order chi connectivity index (χ0) is 29.1. The van der Waals surface area contributed by atoms with Gasteiger partial charge in [-0.25, -0.2) is 0 Å². The minimum Gasteiger partial charge on any atom is -0.314 e. The van der Waals surface area contributed by atoms with Crippen molar-refractivity contribution in [3.8, 4) is 11.1 Å². The first-order chi connectivity index (χ1) is 20.4. The normalized spacial score (nSPS) is 14.4. The summed E-state index contributed by atoms with van der Waals surface area (Å²) < 4.78 is 1.23.